The molecule has 0 spiro atoms. The van der Waals surface area contributed by atoms with Crippen molar-refractivity contribution in [2.75, 3.05) is 19.7 Å². The topological polar surface area (TPSA) is 71.6 Å². The second kappa shape index (κ2) is 6.65. The summed E-state index contributed by atoms with van der Waals surface area (Å²) in [6.45, 7) is 8.33. The van der Waals surface area contributed by atoms with Gasteiger partial charge in [0.2, 0.25) is 5.89 Å². The van der Waals surface area contributed by atoms with Crippen LogP contribution in [0.5, 0.6) is 0 Å². The second-order valence-electron chi connectivity index (χ2n) is 6.06. The van der Waals surface area contributed by atoms with E-state index in [-0.39, 0.29) is 18.3 Å². The van der Waals surface area contributed by atoms with Gasteiger partial charge in [-0.25, -0.2) is 0 Å². The molecule has 2 heterocycles. The van der Waals surface area contributed by atoms with Gasteiger partial charge in [0.1, 0.15) is 0 Å². The molecule has 0 radical (unpaired) electrons. The van der Waals surface area contributed by atoms with Gasteiger partial charge in [-0.3, -0.25) is 4.90 Å². The van der Waals surface area contributed by atoms with Crippen LogP contribution in [0.1, 0.15) is 45.3 Å². The Kier molecular flexibility index (Phi) is 5.12. The van der Waals surface area contributed by atoms with Crippen LogP contribution in [0.15, 0.2) is 4.52 Å². The summed E-state index contributed by atoms with van der Waals surface area (Å²) < 4.78 is 11.1. The van der Waals surface area contributed by atoms with Crippen LogP contribution < -0.4 is 0 Å². The fourth-order valence-corrected chi connectivity index (χ4v) is 2.61. The minimum atomic E-state index is -0.267. The Bertz CT molecular complexity index is 420. The lowest BCUT2D eigenvalue weighted by Gasteiger charge is -2.41. The molecule has 1 atom stereocenters. The SMILES string of the molecule is CCCCc1noc(CN2CC(CO)OC(C)(C)C2)n1. The van der Waals surface area contributed by atoms with Crippen molar-refractivity contribution < 1.29 is 14.4 Å². The van der Waals surface area contributed by atoms with E-state index in [1.54, 1.807) is 0 Å². The van der Waals surface area contributed by atoms with Gasteiger partial charge in [-0.15, -0.1) is 0 Å². The number of aliphatic hydroxyl groups excluding tert-OH is 1. The Hall–Kier alpha value is -0.980. The molecule has 1 aromatic heterocycles. The molecule has 0 saturated carbocycles. The molecule has 0 bridgehead atoms. The predicted molar refractivity (Wildman–Crippen MR) is 74.2 cm³/mol. The van der Waals surface area contributed by atoms with E-state index in [2.05, 4.69) is 22.0 Å². The first-order valence-electron chi connectivity index (χ1n) is 7.35. The number of aryl methyl sites for hydroxylation is 1. The molecule has 2 rings (SSSR count). The monoisotopic (exact) mass is 283 g/mol. The number of morpholine rings is 1. The average molecular weight is 283 g/mol. The Morgan fingerprint density at radius 1 is 1.45 bits per heavy atom. The summed E-state index contributed by atoms with van der Waals surface area (Å²) in [4.78, 5) is 6.61. The first kappa shape index (κ1) is 15.4. The van der Waals surface area contributed by atoms with Gasteiger partial charge < -0.3 is 14.4 Å². The van der Waals surface area contributed by atoms with E-state index in [0.29, 0.717) is 19.0 Å². The van der Waals surface area contributed by atoms with Gasteiger partial charge in [0.05, 0.1) is 24.9 Å². The number of hydrogen-bond donors (Lipinski definition) is 1. The molecule has 6 nitrogen and oxygen atoms in total. The highest BCUT2D eigenvalue weighted by Crippen LogP contribution is 2.22. The summed E-state index contributed by atoms with van der Waals surface area (Å²) in [6.07, 6.45) is 2.92. The molecule has 1 saturated heterocycles. The third-order valence-corrected chi connectivity index (χ3v) is 3.38. The zero-order valence-corrected chi connectivity index (χ0v) is 12.6. The summed E-state index contributed by atoms with van der Waals surface area (Å²) in [6, 6.07) is 0. The maximum absolute atomic E-state index is 9.31. The van der Waals surface area contributed by atoms with E-state index in [4.69, 9.17) is 9.26 Å². The summed E-state index contributed by atoms with van der Waals surface area (Å²) >= 11 is 0. The quantitative estimate of drug-likeness (QED) is 0.850. The smallest absolute Gasteiger partial charge is 0.240 e. The highest BCUT2D eigenvalue weighted by atomic mass is 16.5. The Morgan fingerprint density at radius 2 is 2.25 bits per heavy atom. The predicted octanol–water partition coefficient (Wildman–Crippen LogP) is 1.38. The summed E-state index contributed by atoms with van der Waals surface area (Å²) in [5.41, 5.74) is -0.267. The lowest BCUT2D eigenvalue weighted by atomic mass is 10.1. The van der Waals surface area contributed by atoms with Crippen molar-refractivity contribution in [2.45, 2.75) is 58.3 Å². The van der Waals surface area contributed by atoms with Crippen LogP contribution in [0, 0.1) is 0 Å². The Labute approximate surface area is 120 Å². The summed E-state index contributed by atoms with van der Waals surface area (Å²) in [7, 11) is 0. The number of hydrogen-bond acceptors (Lipinski definition) is 6. The van der Waals surface area contributed by atoms with Gasteiger partial charge in [0, 0.05) is 19.5 Å². The zero-order valence-electron chi connectivity index (χ0n) is 12.6. The molecular weight excluding hydrogens is 258 g/mol. The molecule has 1 unspecified atom stereocenters. The van der Waals surface area contributed by atoms with Crippen LogP contribution in [0.4, 0.5) is 0 Å². The molecular formula is C14H25N3O3. The second-order valence-corrected chi connectivity index (χ2v) is 6.06. The van der Waals surface area contributed by atoms with Crippen LogP contribution in [0.2, 0.25) is 0 Å². The van der Waals surface area contributed by atoms with Crippen molar-refractivity contribution in [3.8, 4) is 0 Å². The van der Waals surface area contributed by atoms with Crippen molar-refractivity contribution in [3.63, 3.8) is 0 Å². The largest absolute Gasteiger partial charge is 0.394 e. The zero-order chi connectivity index (χ0) is 14.6. The Morgan fingerprint density at radius 3 is 2.95 bits per heavy atom. The third kappa shape index (κ3) is 4.26. The van der Waals surface area contributed by atoms with E-state index < -0.39 is 0 Å². The average Bonchev–Trinajstić information content (AvgIpc) is 2.82. The van der Waals surface area contributed by atoms with Gasteiger partial charge in [-0.05, 0) is 20.3 Å². The molecule has 0 aromatic carbocycles. The molecule has 20 heavy (non-hydrogen) atoms. The lowest BCUT2D eigenvalue weighted by molar-refractivity contribution is -0.151. The normalized spacial score (nSPS) is 23.1. The molecule has 114 valence electrons. The minimum Gasteiger partial charge on any atom is -0.394 e. The van der Waals surface area contributed by atoms with Crippen molar-refractivity contribution in [2.24, 2.45) is 0 Å². The van der Waals surface area contributed by atoms with E-state index in [9.17, 15) is 5.11 Å². The number of nitrogens with zero attached hydrogens (tertiary/aromatic N) is 3. The highest BCUT2D eigenvalue weighted by molar-refractivity contribution is 4.90. The number of aromatic nitrogens is 2. The van der Waals surface area contributed by atoms with Crippen LogP contribution >= 0.6 is 0 Å². The van der Waals surface area contributed by atoms with Crippen molar-refractivity contribution in [1.82, 2.24) is 15.0 Å². The van der Waals surface area contributed by atoms with Gasteiger partial charge in [0.25, 0.3) is 0 Å². The van der Waals surface area contributed by atoms with E-state index >= 15 is 0 Å². The maximum Gasteiger partial charge on any atom is 0.240 e. The van der Waals surface area contributed by atoms with Crippen molar-refractivity contribution in [1.29, 1.82) is 0 Å². The van der Waals surface area contributed by atoms with Gasteiger partial charge in [-0.1, -0.05) is 18.5 Å². The molecule has 1 N–H and O–H groups in total. The summed E-state index contributed by atoms with van der Waals surface area (Å²) in [5.74, 6) is 1.43. The fourth-order valence-electron chi connectivity index (χ4n) is 2.61. The number of aliphatic hydroxyl groups is 1. The van der Waals surface area contributed by atoms with Gasteiger partial charge in [-0.2, -0.15) is 4.98 Å². The highest BCUT2D eigenvalue weighted by Gasteiger charge is 2.33. The minimum absolute atomic E-state index is 0.0332. The first-order chi connectivity index (χ1) is 9.52. The van der Waals surface area contributed by atoms with E-state index in [1.165, 1.54) is 0 Å². The number of unbranched alkanes of at least 4 members (excludes halogenated alkanes) is 1. The van der Waals surface area contributed by atoms with Gasteiger partial charge >= 0.3 is 0 Å². The molecule has 1 fully saturated rings. The Balaban J connectivity index is 1.93. The molecule has 6 heteroatoms. The fraction of sp³-hybridized carbons (Fsp3) is 0.857. The van der Waals surface area contributed by atoms with Crippen LogP contribution in [-0.4, -0.2) is 51.5 Å². The molecule has 1 aliphatic rings. The van der Waals surface area contributed by atoms with E-state index in [1.807, 2.05) is 13.8 Å². The third-order valence-electron chi connectivity index (χ3n) is 3.38. The first-order valence-corrected chi connectivity index (χ1v) is 7.35. The van der Waals surface area contributed by atoms with Gasteiger partial charge in [0.15, 0.2) is 5.82 Å². The number of rotatable bonds is 6. The van der Waals surface area contributed by atoms with Crippen molar-refractivity contribution in [3.05, 3.63) is 11.7 Å². The standard InChI is InChI=1S/C14H25N3O3/c1-4-5-6-12-15-13(20-16-12)8-17-7-11(9-18)19-14(2,3)10-17/h11,18H,4-10H2,1-3H3. The van der Waals surface area contributed by atoms with Crippen LogP contribution in [-0.2, 0) is 17.7 Å². The van der Waals surface area contributed by atoms with Crippen molar-refractivity contribution >= 4 is 0 Å². The van der Waals surface area contributed by atoms with E-state index in [0.717, 1.165) is 31.6 Å². The number of ether oxygens (including phenoxy) is 1. The molecule has 0 amide bonds. The van der Waals surface area contributed by atoms with Crippen LogP contribution in [0.3, 0.4) is 0 Å². The molecule has 0 aliphatic carbocycles. The lowest BCUT2D eigenvalue weighted by Crippen LogP contribution is -2.53. The van der Waals surface area contributed by atoms with Crippen LogP contribution in [0.25, 0.3) is 0 Å². The molecule has 1 aliphatic heterocycles. The summed E-state index contributed by atoms with van der Waals surface area (Å²) in [5, 5.41) is 13.3. The maximum atomic E-state index is 9.31. The molecule has 1 aromatic rings.